The molecule has 0 heterocycles. The number of aliphatic hydroxyl groups is 3. The number of aliphatic hydroxyl groups excluding tert-OH is 3. The van der Waals surface area contributed by atoms with Gasteiger partial charge in [-0.05, 0) is 12.8 Å². The quantitative estimate of drug-likeness (QED) is 0.0458. The Morgan fingerprint density at radius 2 is 0.523 bits per heavy atom. The van der Waals surface area contributed by atoms with Gasteiger partial charge in [0.1, 0.15) is 6.10 Å². The van der Waals surface area contributed by atoms with Crippen molar-refractivity contribution in [2.24, 2.45) is 0 Å². The number of amides is 1. The zero-order chi connectivity index (χ0) is 47.2. The summed E-state index contributed by atoms with van der Waals surface area (Å²) in [6.45, 7) is 4.23. The standard InChI is InChI=1S/C60H121NO4/c1-3-5-7-9-11-13-15-17-19-21-23-25-27-28-29-30-31-33-35-37-39-41-43-45-47-49-51-53-55-59(64)61-57(56-62)60(65)58(63)54-52-50-48-46-44-42-40-38-36-34-32-26-24-22-20-18-16-14-12-10-8-6-4-2/h57-58,60,62-63,65H,3-56H2,1-2H3,(H,61,64). The van der Waals surface area contributed by atoms with E-state index in [9.17, 15) is 20.1 Å². The highest BCUT2D eigenvalue weighted by Gasteiger charge is 2.26. The normalized spacial score (nSPS) is 13.1. The zero-order valence-electron chi connectivity index (χ0n) is 44.7. The molecule has 4 N–H and O–H groups in total. The minimum absolute atomic E-state index is 0.135. The third-order valence-electron chi connectivity index (χ3n) is 14.7. The molecular formula is C60H121NO4. The second kappa shape index (κ2) is 55.9. The van der Waals surface area contributed by atoms with Gasteiger partial charge in [-0.3, -0.25) is 4.79 Å². The number of hydrogen-bond acceptors (Lipinski definition) is 4. The van der Waals surface area contributed by atoms with Gasteiger partial charge in [0.15, 0.2) is 0 Å². The summed E-state index contributed by atoms with van der Waals surface area (Å²) in [5.74, 6) is -0.135. The monoisotopic (exact) mass is 920 g/mol. The van der Waals surface area contributed by atoms with Gasteiger partial charge < -0.3 is 20.6 Å². The van der Waals surface area contributed by atoms with Crippen molar-refractivity contribution in [2.75, 3.05) is 6.61 Å². The second-order valence-electron chi connectivity index (χ2n) is 21.3. The fraction of sp³-hybridized carbons (Fsp3) is 0.983. The molecule has 0 rings (SSSR count). The summed E-state index contributed by atoms with van der Waals surface area (Å²) >= 11 is 0. The molecule has 0 saturated heterocycles. The Bertz CT molecular complexity index is 883. The van der Waals surface area contributed by atoms with Crippen molar-refractivity contribution >= 4 is 5.91 Å². The number of unbranched alkanes of at least 4 members (excludes halogenated alkanes) is 49. The lowest BCUT2D eigenvalue weighted by atomic mass is 9.99. The molecule has 5 nitrogen and oxygen atoms in total. The van der Waals surface area contributed by atoms with Crippen LogP contribution in [0.3, 0.4) is 0 Å². The first-order valence-corrected chi connectivity index (χ1v) is 30.3. The van der Waals surface area contributed by atoms with Crippen molar-refractivity contribution in [2.45, 2.75) is 372 Å². The summed E-state index contributed by atoms with van der Waals surface area (Å²) in [6, 6.07) is -0.805. The highest BCUT2D eigenvalue weighted by atomic mass is 16.3. The van der Waals surface area contributed by atoms with Crippen LogP contribution in [-0.4, -0.2) is 46.1 Å². The molecule has 3 unspecified atom stereocenters. The maximum atomic E-state index is 12.5. The Labute approximate surface area is 408 Å². The van der Waals surface area contributed by atoms with E-state index < -0.39 is 18.2 Å². The first kappa shape index (κ1) is 64.3. The SMILES string of the molecule is CCCCCCCCCCCCCCCCCCCCCCCCCCCCCCC(=O)NC(CO)C(O)C(O)CCCCCCCCCCCCCCCCCCCCCCCCC. The van der Waals surface area contributed by atoms with Crippen molar-refractivity contribution in [3.05, 3.63) is 0 Å². The van der Waals surface area contributed by atoms with Gasteiger partial charge in [-0.1, -0.05) is 335 Å². The number of carbonyl (C=O) groups is 1. The van der Waals surface area contributed by atoms with Gasteiger partial charge in [0.2, 0.25) is 5.91 Å². The summed E-state index contributed by atoms with van der Waals surface area (Å²) in [7, 11) is 0. The molecule has 390 valence electrons. The maximum absolute atomic E-state index is 12.5. The van der Waals surface area contributed by atoms with Crippen molar-refractivity contribution in [1.82, 2.24) is 5.32 Å². The van der Waals surface area contributed by atoms with E-state index in [2.05, 4.69) is 19.2 Å². The van der Waals surface area contributed by atoms with Crippen LogP contribution in [0, 0.1) is 0 Å². The van der Waals surface area contributed by atoms with Crippen molar-refractivity contribution in [3.8, 4) is 0 Å². The Kier molecular flexibility index (Phi) is 55.4. The maximum Gasteiger partial charge on any atom is 0.220 e. The van der Waals surface area contributed by atoms with Crippen molar-refractivity contribution in [3.63, 3.8) is 0 Å². The molecule has 65 heavy (non-hydrogen) atoms. The van der Waals surface area contributed by atoms with Crippen LogP contribution in [0.2, 0.25) is 0 Å². The fourth-order valence-corrected chi connectivity index (χ4v) is 10.1. The van der Waals surface area contributed by atoms with Gasteiger partial charge in [-0.2, -0.15) is 0 Å². The fourth-order valence-electron chi connectivity index (χ4n) is 10.1. The van der Waals surface area contributed by atoms with Crippen LogP contribution >= 0.6 is 0 Å². The molecule has 0 spiro atoms. The van der Waals surface area contributed by atoms with E-state index in [1.165, 1.54) is 295 Å². The van der Waals surface area contributed by atoms with Gasteiger partial charge in [0.25, 0.3) is 0 Å². The molecule has 0 bridgehead atoms. The van der Waals surface area contributed by atoms with E-state index in [0.717, 1.165) is 32.1 Å². The smallest absolute Gasteiger partial charge is 0.220 e. The lowest BCUT2D eigenvalue weighted by Gasteiger charge is -2.26. The minimum atomic E-state index is -1.13. The van der Waals surface area contributed by atoms with Crippen molar-refractivity contribution in [1.29, 1.82) is 0 Å². The number of rotatable bonds is 57. The molecule has 5 heteroatoms. The minimum Gasteiger partial charge on any atom is -0.394 e. The predicted octanol–water partition coefficient (Wildman–Crippen LogP) is 18.9. The summed E-state index contributed by atoms with van der Waals surface area (Å²) in [4.78, 5) is 12.5. The molecule has 0 radical (unpaired) electrons. The van der Waals surface area contributed by atoms with Crippen molar-refractivity contribution < 1.29 is 20.1 Å². The molecule has 0 aromatic rings. The van der Waals surface area contributed by atoms with E-state index in [0.29, 0.717) is 12.8 Å². The average Bonchev–Trinajstić information content (AvgIpc) is 3.31. The van der Waals surface area contributed by atoms with Crippen LogP contribution in [-0.2, 0) is 4.79 Å². The average molecular weight is 921 g/mol. The van der Waals surface area contributed by atoms with Crippen LogP contribution in [0.1, 0.15) is 354 Å². The summed E-state index contributed by atoms with van der Waals surface area (Å²) in [5, 5.41) is 33.9. The van der Waals surface area contributed by atoms with Gasteiger partial charge in [0.05, 0.1) is 18.8 Å². The molecule has 0 aliphatic heterocycles. The van der Waals surface area contributed by atoms with Crippen LogP contribution in [0.4, 0.5) is 0 Å². The van der Waals surface area contributed by atoms with Crippen LogP contribution in [0.5, 0.6) is 0 Å². The molecule has 0 saturated carbocycles. The Hall–Kier alpha value is -0.650. The third kappa shape index (κ3) is 51.0. The van der Waals surface area contributed by atoms with E-state index in [1.54, 1.807) is 0 Å². The van der Waals surface area contributed by atoms with Gasteiger partial charge >= 0.3 is 0 Å². The highest BCUT2D eigenvalue weighted by Crippen LogP contribution is 2.19. The number of hydrogen-bond donors (Lipinski definition) is 4. The molecule has 3 atom stereocenters. The predicted molar refractivity (Wildman–Crippen MR) is 287 cm³/mol. The van der Waals surface area contributed by atoms with Crippen LogP contribution in [0.15, 0.2) is 0 Å². The Morgan fingerprint density at radius 1 is 0.323 bits per heavy atom. The third-order valence-corrected chi connectivity index (χ3v) is 14.7. The van der Waals surface area contributed by atoms with Gasteiger partial charge in [0, 0.05) is 6.42 Å². The molecule has 1 amide bonds. The number of nitrogens with one attached hydrogen (secondary N) is 1. The zero-order valence-corrected chi connectivity index (χ0v) is 44.7. The Morgan fingerprint density at radius 3 is 0.738 bits per heavy atom. The largest absolute Gasteiger partial charge is 0.394 e. The summed E-state index contributed by atoms with van der Waals surface area (Å²) in [5.41, 5.74) is 0. The number of carbonyl (C=O) groups excluding carboxylic acids is 1. The summed E-state index contributed by atoms with van der Waals surface area (Å²) < 4.78 is 0. The highest BCUT2D eigenvalue weighted by molar-refractivity contribution is 5.76. The van der Waals surface area contributed by atoms with E-state index in [4.69, 9.17) is 0 Å². The Balaban J connectivity index is 3.47. The van der Waals surface area contributed by atoms with E-state index in [-0.39, 0.29) is 12.5 Å². The molecule has 0 aromatic carbocycles. The molecule has 0 aliphatic carbocycles. The van der Waals surface area contributed by atoms with E-state index in [1.807, 2.05) is 0 Å². The second-order valence-corrected chi connectivity index (χ2v) is 21.3. The first-order chi connectivity index (χ1) is 32.1. The molecule has 0 aromatic heterocycles. The molecule has 0 fully saturated rings. The topological polar surface area (TPSA) is 89.8 Å². The molecule has 0 aliphatic rings. The van der Waals surface area contributed by atoms with E-state index >= 15 is 0 Å². The molecular weight excluding hydrogens is 799 g/mol. The van der Waals surface area contributed by atoms with Crippen LogP contribution < -0.4 is 5.32 Å². The lowest BCUT2D eigenvalue weighted by molar-refractivity contribution is -0.124. The first-order valence-electron chi connectivity index (χ1n) is 30.3. The van der Waals surface area contributed by atoms with Gasteiger partial charge in [-0.15, -0.1) is 0 Å². The van der Waals surface area contributed by atoms with Crippen LogP contribution in [0.25, 0.3) is 0 Å². The lowest BCUT2D eigenvalue weighted by Crippen LogP contribution is -2.50. The summed E-state index contributed by atoms with van der Waals surface area (Å²) in [6.07, 6.45) is 68.5. The van der Waals surface area contributed by atoms with Gasteiger partial charge in [-0.25, -0.2) is 0 Å².